The highest BCUT2D eigenvalue weighted by atomic mass is 16.5. The molecule has 1 aromatic carbocycles. The molecule has 0 aliphatic heterocycles. The van der Waals surface area contributed by atoms with Gasteiger partial charge in [-0.1, -0.05) is 0 Å². The van der Waals surface area contributed by atoms with Crippen molar-refractivity contribution in [2.75, 3.05) is 25.2 Å². The number of ether oxygens (including phenoxy) is 1. The second-order valence-electron chi connectivity index (χ2n) is 2.33. The van der Waals surface area contributed by atoms with Gasteiger partial charge < -0.3 is 20.9 Å². The van der Waals surface area contributed by atoms with Gasteiger partial charge in [0.1, 0.15) is 5.69 Å². The Morgan fingerprint density at radius 1 is 1.50 bits per heavy atom. The van der Waals surface area contributed by atoms with E-state index in [2.05, 4.69) is 5.32 Å². The summed E-state index contributed by atoms with van der Waals surface area (Å²) < 4.78 is 4.90. The van der Waals surface area contributed by atoms with Gasteiger partial charge in [-0.25, -0.2) is 0 Å². The van der Waals surface area contributed by atoms with Gasteiger partial charge in [0.2, 0.25) is 0 Å². The molecule has 1 aromatic rings. The predicted octanol–water partition coefficient (Wildman–Crippen LogP) is 1.02. The highest BCUT2D eigenvalue weighted by molar-refractivity contribution is 5.76. The maximum Gasteiger partial charge on any atom is 0.183 e. The lowest BCUT2D eigenvalue weighted by Gasteiger charge is -2.10. The number of hydrogen-bond acceptors (Lipinski definition) is 4. The first kappa shape index (κ1) is 8.52. The molecule has 0 spiro atoms. The second kappa shape index (κ2) is 3.21. The van der Waals surface area contributed by atoms with Crippen molar-refractivity contribution >= 4 is 11.4 Å². The zero-order chi connectivity index (χ0) is 9.14. The van der Waals surface area contributed by atoms with Crippen LogP contribution in [0.25, 0.3) is 0 Å². The minimum atomic E-state index is 0.0417. The van der Waals surface area contributed by atoms with Crippen LogP contribution in [0.5, 0.6) is 11.5 Å². The van der Waals surface area contributed by atoms with Crippen LogP contribution in [0, 0.1) is 0 Å². The van der Waals surface area contributed by atoms with Gasteiger partial charge in [-0.15, -0.1) is 0 Å². The lowest BCUT2D eigenvalue weighted by Crippen LogP contribution is -1.97. The quantitative estimate of drug-likeness (QED) is 0.455. The first-order valence-corrected chi connectivity index (χ1v) is 3.54. The fourth-order valence-corrected chi connectivity index (χ4v) is 1.02. The maximum atomic E-state index is 9.50. The second-order valence-corrected chi connectivity index (χ2v) is 2.33. The normalized spacial score (nSPS) is 9.50. The third-order valence-electron chi connectivity index (χ3n) is 1.64. The summed E-state index contributed by atoms with van der Waals surface area (Å²) in [5, 5.41) is 12.3. The Labute approximate surface area is 71.0 Å². The summed E-state index contributed by atoms with van der Waals surface area (Å²) in [4.78, 5) is 0. The summed E-state index contributed by atoms with van der Waals surface area (Å²) in [5.74, 6) is 0.452. The van der Waals surface area contributed by atoms with Crippen LogP contribution in [-0.2, 0) is 0 Å². The van der Waals surface area contributed by atoms with Gasteiger partial charge in [-0.05, 0) is 12.1 Å². The highest BCUT2D eigenvalue weighted by Gasteiger charge is 2.08. The SMILES string of the molecule is CNc1c(N)ccc(OC)c1O. The molecule has 0 radical (unpaired) electrons. The Morgan fingerprint density at radius 2 is 2.17 bits per heavy atom. The molecular weight excluding hydrogens is 156 g/mol. The van der Waals surface area contributed by atoms with Crippen LogP contribution in [0.1, 0.15) is 0 Å². The van der Waals surface area contributed by atoms with Crippen LogP contribution in [0.2, 0.25) is 0 Å². The molecule has 12 heavy (non-hydrogen) atoms. The Balaban J connectivity index is 3.24. The third kappa shape index (κ3) is 1.23. The Kier molecular flexibility index (Phi) is 2.28. The van der Waals surface area contributed by atoms with Gasteiger partial charge in [0.25, 0.3) is 0 Å². The molecule has 0 heterocycles. The number of anilines is 2. The van der Waals surface area contributed by atoms with Crippen molar-refractivity contribution < 1.29 is 9.84 Å². The molecule has 0 unspecified atom stereocenters. The number of hydrogen-bond donors (Lipinski definition) is 3. The van der Waals surface area contributed by atoms with Crippen LogP contribution in [0.4, 0.5) is 11.4 Å². The molecule has 4 heteroatoms. The molecule has 0 aliphatic carbocycles. The molecular formula is C8H12N2O2. The molecule has 0 bridgehead atoms. The zero-order valence-electron chi connectivity index (χ0n) is 7.09. The Bertz CT molecular complexity index is 287. The van der Waals surface area contributed by atoms with Gasteiger partial charge in [-0.3, -0.25) is 0 Å². The molecule has 0 saturated heterocycles. The number of phenols is 1. The van der Waals surface area contributed by atoms with Crippen molar-refractivity contribution in [3.05, 3.63) is 12.1 Å². The van der Waals surface area contributed by atoms with E-state index >= 15 is 0 Å². The number of nitrogens with two attached hydrogens (primary N) is 1. The van der Waals surface area contributed by atoms with Crippen molar-refractivity contribution in [2.24, 2.45) is 0 Å². The number of phenolic OH excluding ortho intramolecular Hbond substituents is 1. The van der Waals surface area contributed by atoms with Crippen LogP contribution >= 0.6 is 0 Å². The summed E-state index contributed by atoms with van der Waals surface area (Å²) in [6, 6.07) is 3.29. The molecule has 1 rings (SSSR count). The van der Waals surface area contributed by atoms with E-state index in [9.17, 15) is 5.11 Å². The average molecular weight is 168 g/mol. The average Bonchev–Trinajstić information content (AvgIpc) is 2.06. The number of rotatable bonds is 2. The van der Waals surface area contributed by atoms with Crippen LogP contribution < -0.4 is 15.8 Å². The number of nitrogen functional groups attached to an aromatic ring is 1. The Hall–Kier alpha value is -1.58. The van der Waals surface area contributed by atoms with E-state index in [1.165, 1.54) is 7.11 Å². The first-order valence-electron chi connectivity index (χ1n) is 3.54. The van der Waals surface area contributed by atoms with Gasteiger partial charge in [0.15, 0.2) is 11.5 Å². The number of aromatic hydroxyl groups is 1. The van der Waals surface area contributed by atoms with Crippen LogP contribution in [-0.4, -0.2) is 19.3 Å². The monoisotopic (exact) mass is 168 g/mol. The summed E-state index contributed by atoms with van der Waals surface area (Å²) in [7, 11) is 3.18. The van der Waals surface area contributed by atoms with Crippen LogP contribution in [0.15, 0.2) is 12.1 Å². The van der Waals surface area contributed by atoms with E-state index in [0.29, 0.717) is 17.1 Å². The smallest absolute Gasteiger partial charge is 0.183 e. The zero-order valence-corrected chi connectivity index (χ0v) is 7.09. The molecule has 0 aromatic heterocycles. The molecule has 0 atom stereocenters. The van der Waals surface area contributed by atoms with Crippen molar-refractivity contribution in [1.29, 1.82) is 0 Å². The van der Waals surface area contributed by atoms with Crippen molar-refractivity contribution in [2.45, 2.75) is 0 Å². The van der Waals surface area contributed by atoms with Gasteiger partial charge in [0, 0.05) is 7.05 Å². The summed E-state index contributed by atoms with van der Waals surface area (Å²) >= 11 is 0. The summed E-state index contributed by atoms with van der Waals surface area (Å²) in [6.07, 6.45) is 0. The largest absolute Gasteiger partial charge is 0.503 e. The molecule has 0 fully saturated rings. The van der Waals surface area contributed by atoms with Crippen molar-refractivity contribution in [3.8, 4) is 11.5 Å². The fourth-order valence-electron chi connectivity index (χ4n) is 1.02. The molecule has 0 amide bonds. The molecule has 0 saturated carbocycles. The maximum absolute atomic E-state index is 9.50. The minimum Gasteiger partial charge on any atom is -0.503 e. The number of benzene rings is 1. The number of methoxy groups -OCH3 is 1. The van der Waals surface area contributed by atoms with Crippen molar-refractivity contribution in [1.82, 2.24) is 0 Å². The van der Waals surface area contributed by atoms with Gasteiger partial charge in [-0.2, -0.15) is 0 Å². The molecule has 4 N–H and O–H groups in total. The fraction of sp³-hybridized carbons (Fsp3) is 0.250. The third-order valence-corrected chi connectivity index (χ3v) is 1.64. The molecule has 66 valence electrons. The van der Waals surface area contributed by atoms with Crippen molar-refractivity contribution in [3.63, 3.8) is 0 Å². The standard InChI is InChI=1S/C8H12N2O2/c1-10-7-5(9)3-4-6(12-2)8(7)11/h3-4,10-11H,9H2,1-2H3. The van der Waals surface area contributed by atoms with E-state index in [1.807, 2.05) is 0 Å². The van der Waals surface area contributed by atoms with E-state index in [0.717, 1.165) is 0 Å². The lowest BCUT2D eigenvalue weighted by atomic mass is 10.2. The van der Waals surface area contributed by atoms with Gasteiger partial charge >= 0.3 is 0 Å². The van der Waals surface area contributed by atoms with E-state index in [-0.39, 0.29) is 5.75 Å². The van der Waals surface area contributed by atoms with E-state index in [4.69, 9.17) is 10.5 Å². The topological polar surface area (TPSA) is 67.5 Å². The number of nitrogens with one attached hydrogen (secondary N) is 1. The first-order chi connectivity index (χ1) is 5.70. The molecule has 4 nitrogen and oxygen atoms in total. The molecule has 0 aliphatic rings. The summed E-state index contributed by atoms with van der Waals surface area (Å²) in [6.45, 7) is 0. The summed E-state index contributed by atoms with van der Waals surface area (Å²) in [5.41, 5.74) is 6.57. The lowest BCUT2D eigenvalue weighted by molar-refractivity contribution is 0.375. The highest BCUT2D eigenvalue weighted by Crippen LogP contribution is 2.37. The minimum absolute atomic E-state index is 0.0417. The van der Waals surface area contributed by atoms with E-state index in [1.54, 1.807) is 19.2 Å². The predicted molar refractivity (Wildman–Crippen MR) is 48.6 cm³/mol. The Morgan fingerprint density at radius 3 is 2.67 bits per heavy atom. The van der Waals surface area contributed by atoms with Crippen LogP contribution in [0.3, 0.4) is 0 Å². The van der Waals surface area contributed by atoms with Gasteiger partial charge in [0.05, 0.1) is 12.8 Å². The van der Waals surface area contributed by atoms with E-state index < -0.39 is 0 Å².